The fourth-order valence-electron chi connectivity index (χ4n) is 1.07. The highest BCUT2D eigenvalue weighted by Gasteiger charge is 2.25. The smallest absolute Gasteiger partial charge is 0.219 e. The Labute approximate surface area is 92.4 Å². The number of nitrogens with two attached hydrogens (primary N) is 1. The minimum atomic E-state index is -2.24. The lowest BCUT2D eigenvalue weighted by molar-refractivity contribution is -0.117. The van der Waals surface area contributed by atoms with E-state index in [1.54, 1.807) is 0 Å². The van der Waals surface area contributed by atoms with Crippen LogP contribution in [0.5, 0.6) is 0 Å². The van der Waals surface area contributed by atoms with Crippen LogP contribution in [0, 0.1) is 29.1 Å². The van der Waals surface area contributed by atoms with E-state index in [-0.39, 0.29) is 13.0 Å². The quantitative estimate of drug-likeness (QED) is 0.488. The van der Waals surface area contributed by atoms with Gasteiger partial charge in [-0.2, -0.15) is 0 Å². The van der Waals surface area contributed by atoms with Gasteiger partial charge in [0, 0.05) is 13.0 Å². The predicted octanol–water partition coefficient (Wildman–Crippen LogP) is 1.67. The molecular weight excluding hydrogens is 247 g/mol. The van der Waals surface area contributed by atoms with Gasteiger partial charge in [0.2, 0.25) is 11.7 Å². The van der Waals surface area contributed by atoms with Gasteiger partial charge >= 0.3 is 0 Å². The van der Waals surface area contributed by atoms with Crippen molar-refractivity contribution in [3.8, 4) is 0 Å². The van der Waals surface area contributed by atoms with Crippen molar-refractivity contribution >= 4 is 11.6 Å². The van der Waals surface area contributed by atoms with Gasteiger partial charge in [-0.1, -0.05) is 0 Å². The Morgan fingerprint density at radius 1 is 0.941 bits per heavy atom. The molecule has 3 N–H and O–H groups in total. The monoisotopic (exact) mass is 254 g/mol. The molecule has 1 rings (SSSR count). The maximum Gasteiger partial charge on any atom is 0.219 e. The first-order chi connectivity index (χ1) is 7.86. The van der Waals surface area contributed by atoms with Crippen molar-refractivity contribution < 1.29 is 26.7 Å². The number of carbonyl (C=O) groups is 1. The zero-order chi connectivity index (χ0) is 13.2. The first-order valence-electron chi connectivity index (χ1n) is 4.39. The predicted molar refractivity (Wildman–Crippen MR) is 48.5 cm³/mol. The van der Waals surface area contributed by atoms with E-state index in [4.69, 9.17) is 5.73 Å². The third kappa shape index (κ3) is 2.63. The zero-order valence-corrected chi connectivity index (χ0v) is 8.29. The number of rotatable bonds is 4. The molecule has 0 saturated heterocycles. The second-order valence-corrected chi connectivity index (χ2v) is 3.09. The molecule has 0 aliphatic rings. The molecule has 0 bridgehead atoms. The van der Waals surface area contributed by atoms with Crippen LogP contribution < -0.4 is 11.1 Å². The van der Waals surface area contributed by atoms with Crippen LogP contribution in [0.4, 0.5) is 27.6 Å². The zero-order valence-electron chi connectivity index (χ0n) is 8.29. The summed E-state index contributed by atoms with van der Waals surface area (Å²) in [5, 5.41) is 1.92. The van der Waals surface area contributed by atoms with Crippen LogP contribution in [0.3, 0.4) is 0 Å². The Morgan fingerprint density at radius 3 is 1.76 bits per heavy atom. The van der Waals surface area contributed by atoms with Gasteiger partial charge in [0.1, 0.15) is 5.69 Å². The van der Waals surface area contributed by atoms with Gasteiger partial charge < -0.3 is 11.1 Å². The Morgan fingerprint density at radius 2 is 1.35 bits per heavy atom. The molecule has 17 heavy (non-hydrogen) atoms. The summed E-state index contributed by atoms with van der Waals surface area (Å²) in [6.07, 6.45) is -0.306. The van der Waals surface area contributed by atoms with Crippen molar-refractivity contribution in [1.82, 2.24) is 0 Å². The van der Waals surface area contributed by atoms with Gasteiger partial charge in [-0.25, -0.2) is 22.0 Å². The molecule has 0 saturated carbocycles. The van der Waals surface area contributed by atoms with E-state index in [0.717, 1.165) is 0 Å². The maximum atomic E-state index is 13.0. The molecule has 0 spiro atoms. The molecule has 3 nitrogen and oxygen atoms in total. The summed E-state index contributed by atoms with van der Waals surface area (Å²) >= 11 is 0. The Hall–Kier alpha value is -1.86. The average molecular weight is 254 g/mol. The number of primary amides is 1. The summed E-state index contributed by atoms with van der Waals surface area (Å²) in [5.41, 5.74) is 3.56. The van der Waals surface area contributed by atoms with E-state index >= 15 is 0 Å². The van der Waals surface area contributed by atoms with Crippen LogP contribution in [0.25, 0.3) is 0 Å². The number of carbonyl (C=O) groups excluding carboxylic acids is 1. The maximum absolute atomic E-state index is 13.0. The molecule has 1 amide bonds. The Balaban J connectivity index is 3.03. The van der Waals surface area contributed by atoms with Gasteiger partial charge in [-0.05, 0) is 0 Å². The van der Waals surface area contributed by atoms with E-state index in [9.17, 15) is 26.7 Å². The number of benzene rings is 1. The first kappa shape index (κ1) is 13.2. The van der Waals surface area contributed by atoms with Gasteiger partial charge in [-0.3, -0.25) is 4.79 Å². The van der Waals surface area contributed by atoms with Gasteiger partial charge in [-0.15, -0.1) is 0 Å². The van der Waals surface area contributed by atoms with Crippen molar-refractivity contribution in [2.24, 2.45) is 5.73 Å². The Bertz CT molecular complexity index is 434. The number of hydrogen-bond acceptors (Lipinski definition) is 2. The van der Waals surface area contributed by atoms with Crippen LogP contribution in [-0.4, -0.2) is 12.5 Å². The van der Waals surface area contributed by atoms with E-state index in [0.29, 0.717) is 0 Å². The van der Waals surface area contributed by atoms with Crippen LogP contribution >= 0.6 is 0 Å². The third-order valence-corrected chi connectivity index (χ3v) is 1.88. The lowest BCUT2D eigenvalue weighted by atomic mass is 10.2. The molecule has 0 aromatic heterocycles. The molecule has 8 heteroatoms. The van der Waals surface area contributed by atoms with Crippen LogP contribution in [-0.2, 0) is 4.79 Å². The highest BCUT2D eigenvalue weighted by atomic mass is 19.2. The fraction of sp³-hybridized carbons (Fsp3) is 0.222. The molecule has 94 valence electrons. The lowest BCUT2D eigenvalue weighted by Crippen LogP contribution is -2.17. The number of halogens is 5. The number of amides is 1. The van der Waals surface area contributed by atoms with Crippen LogP contribution in [0.1, 0.15) is 6.42 Å². The second-order valence-electron chi connectivity index (χ2n) is 3.09. The molecule has 0 aliphatic carbocycles. The van der Waals surface area contributed by atoms with Crippen molar-refractivity contribution in [2.45, 2.75) is 6.42 Å². The molecule has 0 fully saturated rings. The van der Waals surface area contributed by atoms with Gasteiger partial charge in [0.15, 0.2) is 23.3 Å². The summed E-state index contributed by atoms with van der Waals surface area (Å²) in [4.78, 5) is 10.3. The van der Waals surface area contributed by atoms with Crippen molar-refractivity contribution in [1.29, 1.82) is 0 Å². The van der Waals surface area contributed by atoms with E-state index < -0.39 is 40.7 Å². The van der Waals surface area contributed by atoms with Crippen molar-refractivity contribution in [3.63, 3.8) is 0 Å². The topological polar surface area (TPSA) is 55.1 Å². The summed E-state index contributed by atoms with van der Waals surface area (Å²) in [6, 6.07) is 0. The third-order valence-electron chi connectivity index (χ3n) is 1.88. The summed E-state index contributed by atoms with van der Waals surface area (Å²) in [5.74, 6) is -11.1. The minimum Gasteiger partial charge on any atom is -0.380 e. The van der Waals surface area contributed by atoms with E-state index in [2.05, 4.69) is 0 Å². The molecule has 1 aromatic carbocycles. The highest BCUT2D eigenvalue weighted by molar-refractivity contribution is 5.74. The molecule has 0 unspecified atom stereocenters. The molecule has 0 aliphatic heterocycles. The normalized spacial score (nSPS) is 10.4. The number of nitrogens with one attached hydrogen (secondary N) is 1. The molecule has 0 atom stereocenters. The minimum absolute atomic E-state index is 0.306. The number of hydrogen-bond donors (Lipinski definition) is 2. The molecule has 1 aromatic rings. The van der Waals surface area contributed by atoms with Crippen LogP contribution in [0.2, 0.25) is 0 Å². The van der Waals surface area contributed by atoms with Gasteiger partial charge in [0.05, 0.1) is 0 Å². The van der Waals surface area contributed by atoms with E-state index in [1.807, 2.05) is 5.32 Å². The Kier molecular flexibility index (Phi) is 3.87. The van der Waals surface area contributed by atoms with Crippen LogP contribution in [0.15, 0.2) is 0 Å². The van der Waals surface area contributed by atoms with Gasteiger partial charge in [0.25, 0.3) is 0 Å². The molecular formula is C9H7F5N2O. The van der Waals surface area contributed by atoms with Crippen molar-refractivity contribution in [2.75, 3.05) is 11.9 Å². The first-order valence-corrected chi connectivity index (χ1v) is 4.39. The largest absolute Gasteiger partial charge is 0.380 e. The second kappa shape index (κ2) is 4.98. The molecule has 0 heterocycles. The summed E-state index contributed by atoms with van der Waals surface area (Å²) < 4.78 is 64.1. The SMILES string of the molecule is NC(=O)CCNc1c(F)c(F)c(F)c(F)c1F. The summed E-state index contributed by atoms with van der Waals surface area (Å²) in [7, 11) is 0. The lowest BCUT2D eigenvalue weighted by Gasteiger charge is -2.09. The molecule has 0 radical (unpaired) electrons. The van der Waals surface area contributed by atoms with Crippen molar-refractivity contribution in [3.05, 3.63) is 29.1 Å². The number of anilines is 1. The highest BCUT2D eigenvalue weighted by Crippen LogP contribution is 2.26. The summed E-state index contributed by atoms with van der Waals surface area (Å²) in [6.45, 7) is -0.340. The average Bonchev–Trinajstić information content (AvgIpc) is 2.28. The standard InChI is InChI=1S/C9H7F5N2O/c10-4-5(11)7(13)9(8(14)6(4)12)16-2-1-3(15)17/h16H,1-2H2,(H2,15,17). The van der Waals surface area contributed by atoms with E-state index in [1.165, 1.54) is 0 Å². The fourth-order valence-corrected chi connectivity index (χ4v) is 1.07.